The number of nitrogens with zero attached hydrogens (tertiary/aromatic N) is 3. The van der Waals surface area contributed by atoms with Crippen LogP contribution in [0.3, 0.4) is 0 Å². The molecule has 2 fully saturated rings. The maximum Gasteiger partial charge on any atom is 0.338 e. The minimum atomic E-state index is -0.675. The summed E-state index contributed by atoms with van der Waals surface area (Å²) >= 11 is 0. The Morgan fingerprint density at radius 3 is 2.89 bits per heavy atom. The molecule has 0 aliphatic carbocycles. The molecular weight excluding hydrogens is 453 g/mol. The third-order valence-corrected chi connectivity index (χ3v) is 7.38. The molecule has 3 atom stereocenters. The fourth-order valence-corrected chi connectivity index (χ4v) is 5.39. The molecule has 0 bridgehead atoms. The summed E-state index contributed by atoms with van der Waals surface area (Å²) in [6.45, 7) is 6.06. The van der Waals surface area contributed by atoms with Gasteiger partial charge in [-0.1, -0.05) is 12.1 Å². The van der Waals surface area contributed by atoms with Gasteiger partial charge in [0.1, 0.15) is 12.7 Å². The van der Waals surface area contributed by atoms with Crippen molar-refractivity contribution in [3.05, 3.63) is 63.5 Å². The van der Waals surface area contributed by atoms with Gasteiger partial charge >= 0.3 is 5.97 Å². The minimum Gasteiger partial charge on any atom is -0.493 e. The highest BCUT2D eigenvalue weighted by molar-refractivity contribution is 5.93. The van der Waals surface area contributed by atoms with Crippen molar-refractivity contribution >= 4 is 5.97 Å². The van der Waals surface area contributed by atoms with Crippen LogP contribution in [0.4, 0.5) is 4.39 Å². The topological polar surface area (TPSA) is 95.3 Å². The Labute approximate surface area is 203 Å². The molecule has 9 heteroatoms. The number of aliphatic hydroxyl groups excluding tert-OH is 1. The van der Waals surface area contributed by atoms with Crippen molar-refractivity contribution in [1.29, 1.82) is 5.26 Å². The summed E-state index contributed by atoms with van der Waals surface area (Å²) in [4.78, 5) is 16.4. The number of aliphatic hydroxyl groups is 1. The molecule has 3 aliphatic heterocycles. The van der Waals surface area contributed by atoms with E-state index in [1.54, 1.807) is 12.1 Å². The lowest BCUT2D eigenvalue weighted by molar-refractivity contribution is -0.0943. The highest BCUT2D eigenvalue weighted by atomic mass is 19.1. The van der Waals surface area contributed by atoms with Crippen molar-refractivity contribution in [1.82, 2.24) is 9.80 Å². The first-order valence-corrected chi connectivity index (χ1v) is 11.7. The van der Waals surface area contributed by atoms with Gasteiger partial charge in [0, 0.05) is 49.9 Å². The van der Waals surface area contributed by atoms with Crippen LogP contribution in [0.2, 0.25) is 0 Å². The fourth-order valence-electron chi connectivity index (χ4n) is 5.39. The van der Waals surface area contributed by atoms with E-state index in [9.17, 15) is 14.3 Å². The van der Waals surface area contributed by atoms with Crippen molar-refractivity contribution in [2.45, 2.75) is 31.8 Å². The van der Waals surface area contributed by atoms with E-state index >= 15 is 0 Å². The number of carbonyl (C=O) groups is 1. The Kier molecular flexibility index (Phi) is 6.47. The lowest BCUT2D eigenvalue weighted by Crippen LogP contribution is -2.58. The van der Waals surface area contributed by atoms with Crippen LogP contribution in [0, 0.1) is 24.1 Å². The van der Waals surface area contributed by atoms with E-state index in [4.69, 9.17) is 19.5 Å². The zero-order valence-electron chi connectivity index (χ0n) is 19.8. The summed E-state index contributed by atoms with van der Waals surface area (Å²) in [5.41, 5.74) is 3.72. The van der Waals surface area contributed by atoms with Crippen LogP contribution in [0.1, 0.15) is 50.4 Å². The molecule has 0 amide bonds. The monoisotopic (exact) mass is 481 g/mol. The number of piperazine rings is 1. The van der Waals surface area contributed by atoms with Crippen LogP contribution < -0.4 is 4.74 Å². The predicted molar refractivity (Wildman–Crippen MR) is 123 cm³/mol. The number of nitriles is 1. The molecule has 1 N–H and O–H groups in total. The number of benzene rings is 2. The number of cyclic esters (lactones) is 1. The fraction of sp³-hybridized carbons (Fsp3) is 0.462. The van der Waals surface area contributed by atoms with Crippen molar-refractivity contribution in [2.75, 3.05) is 46.4 Å². The van der Waals surface area contributed by atoms with Gasteiger partial charge in [0.25, 0.3) is 0 Å². The third-order valence-electron chi connectivity index (χ3n) is 7.38. The minimum absolute atomic E-state index is 0.0517. The maximum atomic E-state index is 14.6. The molecular formula is C26H28FN3O5. The van der Waals surface area contributed by atoms with Crippen molar-refractivity contribution < 1.29 is 28.5 Å². The molecule has 3 aliphatic rings. The highest BCUT2D eigenvalue weighted by Crippen LogP contribution is 2.36. The van der Waals surface area contributed by atoms with E-state index in [2.05, 4.69) is 9.80 Å². The molecule has 0 aromatic heterocycles. The Morgan fingerprint density at radius 2 is 2.11 bits per heavy atom. The van der Waals surface area contributed by atoms with Crippen molar-refractivity contribution in [2.24, 2.45) is 0 Å². The smallest absolute Gasteiger partial charge is 0.338 e. The molecule has 3 heterocycles. The number of morpholine rings is 1. The van der Waals surface area contributed by atoms with Gasteiger partial charge in [0.15, 0.2) is 11.6 Å². The van der Waals surface area contributed by atoms with Crippen LogP contribution in [0.25, 0.3) is 0 Å². The number of fused-ring (bicyclic) bond motifs is 2. The van der Waals surface area contributed by atoms with E-state index in [1.165, 1.54) is 13.2 Å². The molecule has 2 aromatic carbocycles. The first kappa shape index (κ1) is 23.7. The van der Waals surface area contributed by atoms with Crippen LogP contribution in [-0.2, 0) is 16.1 Å². The number of methoxy groups -OCH3 is 1. The van der Waals surface area contributed by atoms with Gasteiger partial charge in [-0.25, -0.2) is 9.18 Å². The number of carbonyl (C=O) groups excluding carboxylic acids is 1. The van der Waals surface area contributed by atoms with Crippen LogP contribution >= 0.6 is 0 Å². The first-order valence-electron chi connectivity index (χ1n) is 11.7. The number of rotatable bonds is 5. The van der Waals surface area contributed by atoms with E-state index < -0.39 is 11.9 Å². The van der Waals surface area contributed by atoms with Gasteiger partial charge in [0.2, 0.25) is 0 Å². The second-order valence-electron chi connectivity index (χ2n) is 9.29. The summed E-state index contributed by atoms with van der Waals surface area (Å²) in [7, 11) is 1.40. The molecule has 0 saturated carbocycles. The van der Waals surface area contributed by atoms with Gasteiger partial charge in [-0.15, -0.1) is 0 Å². The Hall–Kier alpha value is -3.03. The molecule has 2 aromatic rings. The molecule has 0 spiro atoms. The van der Waals surface area contributed by atoms with Gasteiger partial charge in [-0.05, 0) is 30.2 Å². The average molecular weight is 482 g/mol. The summed E-state index contributed by atoms with van der Waals surface area (Å²) < 4.78 is 31.1. The molecule has 5 rings (SSSR count). The second-order valence-corrected chi connectivity index (χ2v) is 9.29. The summed E-state index contributed by atoms with van der Waals surface area (Å²) in [5.74, 6) is -0.905. The SMILES string of the molecule is COc1c([C@@H]2CN3CCN(C[C@H](O)c4ccc5c(c4C)COC5=O)C[C@@H]3CO2)ccc(C#N)c1F. The van der Waals surface area contributed by atoms with Crippen LogP contribution in [-0.4, -0.2) is 73.4 Å². The van der Waals surface area contributed by atoms with Crippen LogP contribution in [0.5, 0.6) is 5.75 Å². The van der Waals surface area contributed by atoms with Gasteiger partial charge in [-0.2, -0.15) is 5.26 Å². The average Bonchev–Trinajstić information content (AvgIpc) is 3.25. The zero-order chi connectivity index (χ0) is 24.7. The van der Waals surface area contributed by atoms with E-state index in [0.29, 0.717) is 30.8 Å². The molecule has 8 nitrogen and oxygen atoms in total. The standard InChI is InChI=1S/C26H28FN3O5/c1-15-18(5-6-19-21(15)14-35-26(19)32)22(31)11-29-7-8-30-12-23(34-13-17(30)10-29)20-4-3-16(9-28)24(27)25(20)33-2/h3-6,17,22-23,31H,7-8,10-14H2,1-2H3/t17-,22+,23+/m1/s1. The lowest BCUT2D eigenvalue weighted by Gasteiger charge is -2.46. The number of halogens is 1. The van der Waals surface area contributed by atoms with E-state index in [1.807, 2.05) is 19.1 Å². The van der Waals surface area contributed by atoms with E-state index in [-0.39, 0.29) is 36.0 Å². The van der Waals surface area contributed by atoms with Gasteiger partial charge in [0.05, 0.1) is 37.1 Å². The Bertz CT molecular complexity index is 1200. The largest absolute Gasteiger partial charge is 0.493 e. The number of hydrogen-bond acceptors (Lipinski definition) is 8. The third kappa shape index (κ3) is 4.28. The molecule has 35 heavy (non-hydrogen) atoms. The normalized spacial score (nSPS) is 23.2. The highest BCUT2D eigenvalue weighted by Gasteiger charge is 2.36. The first-order chi connectivity index (χ1) is 16.9. The van der Waals surface area contributed by atoms with Gasteiger partial charge < -0.3 is 19.3 Å². The Balaban J connectivity index is 1.23. The molecule has 2 saturated heterocycles. The second kappa shape index (κ2) is 9.55. The summed E-state index contributed by atoms with van der Waals surface area (Å²) in [6.07, 6.45) is -1.02. The van der Waals surface area contributed by atoms with E-state index in [0.717, 1.165) is 36.3 Å². The van der Waals surface area contributed by atoms with Crippen LogP contribution in [0.15, 0.2) is 24.3 Å². The lowest BCUT2D eigenvalue weighted by atomic mass is 9.95. The molecule has 0 unspecified atom stereocenters. The predicted octanol–water partition coefficient (Wildman–Crippen LogP) is 2.48. The van der Waals surface area contributed by atoms with Crippen molar-refractivity contribution in [3.63, 3.8) is 0 Å². The number of β-amino-alcohol motifs (C(OH)–C–C–N with tert-alkyl or cyclic N) is 1. The molecule has 184 valence electrons. The number of esters is 1. The molecule has 0 radical (unpaired) electrons. The summed E-state index contributed by atoms with van der Waals surface area (Å²) in [5, 5.41) is 20.1. The Morgan fingerprint density at radius 1 is 1.29 bits per heavy atom. The summed E-state index contributed by atoms with van der Waals surface area (Å²) in [6, 6.07) is 8.73. The van der Waals surface area contributed by atoms with Gasteiger partial charge in [-0.3, -0.25) is 9.80 Å². The zero-order valence-corrected chi connectivity index (χ0v) is 19.8. The number of ether oxygens (including phenoxy) is 3. The number of hydrogen-bond donors (Lipinski definition) is 1. The quantitative estimate of drug-likeness (QED) is 0.651. The maximum absolute atomic E-state index is 14.6. The van der Waals surface area contributed by atoms with Crippen molar-refractivity contribution in [3.8, 4) is 11.8 Å².